The van der Waals surface area contributed by atoms with Gasteiger partial charge in [0.2, 0.25) is 0 Å². The summed E-state index contributed by atoms with van der Waals surface area (Å²) in [7, 11) is 0. The highest BCUT2D eigenvalue weighted by Crippen LogP contribution is 2.38. The van der Waals surface area contributed by atoms with Gasteiger partial charge in [0.1, 0.15) is 0 Å². The zero-order valence-electron chi connectivity index (χ0n) is 18.2. The van der Waals surface area contributed by atoms with Gasteiger partial charge in [-0.3, -0.25) is 4.79 Å². The van der Waals surface area contributed by atoms with Gasteiger partial charge >= 0.3 is 5.97 Å². The number of amides is 1. The van der Waals surface area contributed by atoms with Crippen molar-refractivity contribution in [1.82, 2.24) is 9.88 Å². The standard InChI is InChI=1S/C26H26N2O3S/c1-17-7-4-5-13-28(17)23(29)16-31-26(30)24-20-9-2-3-10-22(20)27-25-18(11-12-21(24)25)15-19-8-6-14-32-19/h2-3,6,8-10,14-15,17H,4-5,7,11-13,16H2,1H3/b18-15-/t17-/m0/s1. The summed E-state index contributed by atoms with van der Waals surface area (Å²) in [6, 6.07) is 12.0. The topological polar surface area (TPSA) is 59.5 Å². The lowest BCUT2D eigenvalue weighted by atomic mass is 10.0. The predicted molar refractivity (Wildman–Crippen MR) is 128 cm³/mol. The number of likely N-dealkylation sites (tertiary alicyclic amines) is 1. The minimum atomic E-state index is -0.435. The number of nitrogens with zero attached hydrogens (tertiary/aromatic N) is 2. The van der Waals surface area contributed by atoms with Crippen molar-refractivity contribution in [1.29, 1.82) is 0 Å². The normalized spacial score (nSPS) is 19.3. The molecule has 32 heavy (non-hydrogen) atoms. The Morgan fingerprint density at radius 3 is 2.88 bits per heavy atom. The number of piperidine rings is 1. The van der Waals surface area contributed by atoms with Gasteiger partial charge in [-0.2, -0.15) is 0 Å². The molecule has 3 aromatic rings. The number of allylic oxidation sites excluding steroid dienone is 1. The summed E-state index contributed by atoms with van der Waals surface area (Å²) in [5.41, 5.74) is 4.27. The quantitative estimate of drug-likeness (QED) is 0.508. The molecular weight excluding hydrogens is 420 g/mol. The summed E-state index contributed by atoms with van der Waals surface area (Å²) in [6.07, 6.45) is 6.89. The fourth-order valence-corrected chi connectivity index (χ4v) is 5.49. The van der Waals surface area contributed by atoms with Crippen LogP contribution >= 0.6 is 11.3 Å². The van der Waals surface area contributed by atoms with E-state index in [0.717, 1.165) is 66.4 Å². The fourth-order valence-electron chi connectivity index (χ4n) is 4.81. The second-order valence-electron chi connectivity index (χ2n) is 8.52. The molecule has 5 rings (SSSR count). The summed E-state index contributed by atoms with van der Waals surface area (Å²) in [6.45, 7) is 2.58. The summed E-state index contributed by atoms with van der Waals surface area (Å²) in [4.78, 5) is 33.9. The number of hydrogen-bond acceptors (Lipinski definition) is 5. The number of carbonyl (C=O) groups is 2. The Balaban J connectivity index is 1.46. The maximum absolute atomic E-state index is 13.3. The Morgan fingerprint density at radius 1 is 1.19 bits per heavy atom. The Morgan fingerprint density at radius 2 is 2.06 bits per heavy atom. The van der Waals surface area contributed by atoms with Gasteiger partial charge in [0.25, 0.3) is 5.91 Å². The molecule has 2 aliphatic rings. The largest absolute Gasteiger partial charge is 0.452 e. The molecule has 1 amide bonds. The van der Waals surface area contributed by atoms with Crippen molar-refractivity contribution in [3.8, 4) is 0 Å². The summed E-state index contributed by atoms with van der Waals surface area (Å²) >= 11 is 1.69. The van der Waals surface area contributed by atoms with Crippen LogP contribution in [0.2, 0.25) is 0 Å². The number of pyridine rings is 1. The minimum absolute atomic E-state index is 0.112. The molecule has 0 spiro atoms. The second-order valence-corrected chi connectivity index (χ2v) is 9.50. The van der Waals surface area contributed by atoms with Gasteiger partial charge in [0, 0.05) is 22.8 Å². The highest BCUT2D eigenvalue weighted by atomic mass is 32.1. The Labute approximate surface area is 191 Å². The summed E-state index contributed by atoms with van der Waals surface area (Å²) in [5.74, 6) is -0.547. The van der Waals surface area contributed by atoms with Crippen LogP contribution in [0.25, 0.3) is 22.6 Å². The van der Waals surface area contributed by atoms with Gasteiger partial charge < -0.3 is 9.64 Å². The molecule has 1 aliphatic heterocycles. The molecule has 6 heteroatoms. The molecule has 0 unspecified atom stereocenters. The first-order valence-corrected chi connectivity index (χ1v) is 12.1. The van der Waals surface area contributed by atoms with E-state index in [4.69, 9.17) is 9.72 Å². The van der Waals surface area contributed by atoms with Crippen molar-refractivity contribution in [2.75, 3.05) is 13.2 Å². The molecule has 0 saturated carbocycles. The number of thiophene rings is 1. The predicted octanol–water partition coefficient (Wildman–Crippen LogP) is 5.34. The molecular formula is C26H26N2O3S. The number of ether oxygens (including phenoxy) is 1. The van der Waals surface area contributed by atoms with Crippen LogP contribution in [0.4, 0.5) is 0 Å². The SMILES string of the molecule is C[C@H]1CCCCN1C(=O)COC(=O)c1c2c(nc3ccccc13)/C(=C\c1cccs1)CC2. The average molecular weight is 447 g/mol. The number of carbonyl (C=O) groups excluding carboxylic acids is 2. The van der Waals surface area contributed by atoms with E-state index in [1.807, 2.05) is 35.2 Å². The van der Waals surface area contributed by atoms with E-state index < -0.39 is 5.97 Å². The average Bonchev–Trinajstić information content (AvgIpc) is 3.46. The molecule has 5 nitrogen and oxygen atoms in total. The highest BCUT2D eigenvalue weighted by Gasteiger charge is 2.29. The van der Waals surface area contributed by atoms with E-state index in [0.29, 0.717) is 5.56 Å². The molecule has 1 aromatic carbocycles. The third-order valence-electron chi connectivity index (χ3n) is 6.46. The van der Waals surface area contributed by atoms with Crippen LogP contribution < -0.4 is 0 Å². The van der Waals surface area contributed by atoms with Gasteiger partial charge in [0.15, 0.2) is 6.61 Å². The molecule has 1 saturated heterocycles. The van der Waals surface area contributed by atoms with Crippen LogP contribution in [0.5, 0.6) is 0 Å². The van der Waals surface area contributed by atoms with Gasteiger partial charge in [0.05, 0.1) is 16.8 Å². The van der Waals surface area contributed by atoms with Gasteiger partial charge in [-0.1, -0.05) is 24.3 Å². The lowest BCUT2D eigenvalue weighted by Crippen LogP contribution is -2.44. The van der Waals surface area contributed by atoms with Crippen LogP contribution in [0.15, 0.2) is 41.8 Å². The van der Waals surface area contributed by atoms with E-state index in [-0.39, 0.29) is 18.6 Å². The Bertz CT molecular complexity index is 1200. The summed E-state index contributed by atoms with van der Waals surface area (Å²) in [5, 5.41) is 2.84. The van der Waals surface area contributed by atoms with Crippen LogP contribution in [0.1, 0.15) is 59.1 Å². The minimum Gasteiger partial charge on any atom is -0.452 e. The molecule has 1 aliphatic carbocycles. The molecule has 0 radical (unpaired) electrons. The number of para-hydroxylation sites is 1. The summed E-state index contributed by atoms with van der Waals surface area (Å²) < 4.78 is 5.59. The van der Waals surface area contributed by atoms with Crippen LogP contribution in [0, 0.1) is 0 Å². The maximum atomic E-state index is 13.3. The molecule has 3 heterocycles. The van der Waals surface area contributed by atoms with Crippen molar-refractivity contribution < 1.29 is 14.3 Å². The maximum Gasteiger partial charge on any atom is 0.339 e. The van der Waals surface area contributed by atoms with Crippen LogP contribution in [0.3, 0.4) is 0 Å². The van der Waals surface area contributed by atoms with E-state index >= 15 is 0 Å². The monoisotopic (exact) mass is 446 g/mol. The van der Waals surface area contributed by atoms with E-state index in [2.05, 4.69) is 24.4 Å². The first-order valence-electron chi connectivity index (χ1n) is 11.2. The first-order chi connectivity index (χ1) is 15.6. The Hall–Kier alpha value is -2.99. The van der Waals surface area contributed by atoms with Crippen molar-refractivity contribution >= 4 is 45.8 Å². The number of hydrogen-bond donors (Lipinski definition) is 0. The molecule has 0 N–H and O–H groups in total. The van der Waals surface area contributed by atoms with E-state index in [1.54, 1.807) is 11.3 Å². The van der Waals surface area contributed by atoms with Crippen molar-refractivity contribution in [2.45, 2.75) is 45.1 Å². The molecule has 164 valence electrons. The molecule has 0 bridgehead atoms. The number of fused-ring (bicyclic) bond motifs is 2. The van der Waals surface area contributed by atoms with Gasteiger partial charge in [-0.25, -0.2) is 9.78 Å². The van der Waals surface area contributed by atoms with Gasteiger partial charge in [-0.15, -0.1) is 11.3 Å². The van der Waals surface area contributed by atoms with Crippen LogP contribution in [-0.2, 0) is 16.0 Å². The van der Waals surface area contributed by atoms with E-state index in [1.165, 1.54) is 4.88 Å². The lowest BCUT2D eigenvalue weighted by Gasteiger charge is -2.33. The zero-order valence-corrected chi connectivity index (χ0v) is 19.0. The van der Waals surface area contributed by atoms with Crippen molar-refractivity contribution in [3.05, 3.63) is 63.5 Å². The smallest absolute Gasteiger partial charge is 0.339 e. The number of benzene rings is 1. The van der Waals surface area contributed by atoms with Gasteiger partial charge in [-0.05, 0) is 73.8 Å². The van der Waals surface area contributed by atoms with Crippen LogP contribution in [-0.4, -0.2) is 41.0 Å². The number of rotatable bonds is 4. The van der Waals surface area contributed by atoms with E-state index in [9.17, 15) is 9.59 Å². The second kappa shape index (κ2) is 8.87. The number of esters is 1. The third kappa shape index (κ3) is 3.95. The third-order valence-corrected chi connectivity index (χ3v) is 7.27. The Kier molecular flexibility index (Phi) is 5.79. The molecule has 1 atom stereocenters. The fraction of sp³-hybridized carbons (Fsp3) is 0.346. The lowest BCUT2D eigenvalue weighted by molar-refractivity contribution is -0.137. The molecule has 1 fully saturated rings. The first kappa shape index (κ1) is 20.9. The van der Waals surface area contributed by atoms with Crippen molar-refractivity contribution in [3.63, 3.8) is 0 Å². The van der Waals surface area contributed by atoms with Crippen molar-refractivity contribution in [2.24, 2.45) is 0 Å². The molecule has 2 aromatic heterocycles. The zero-order chi connectivity index (χ0) is 22.1. The number of aromatic nitrogens is 1. The highest BCUT2D eigenvalue weighted by molar-refractivity contribution is 7.10.